The molecule has 3 aromatic rings. The van der Waals surface area contributed by atoms with Crippen LogP contribution in [0.5, 0.6) is 0 Å². The fourth-order valence-electron chi connectivity index (χ4n) is 2.65. The maximum atomic E-state index is 13.2. The number of furan rings is 2. The SMILES string of the molecule is CCCN(C)c1cc(C(F)(F)F)nc(SCc2ccc(C(=O)NCc3ccco3)o2)n1. The summed E-state index contributed by atoms with van der Waals surface area (Å²) in [7, 11) is 1.68. The summed E-state index contributed by atoms with van der Waals surface area (Å²) < 4.78 is 50.4. The number of carbonyl (C=O) groups is 1. The molecule has 7 nitrogen and oxygen atoms in total. The Morgan fingerprint density at radius 3 is 2.71 bits per heavy atom. The van der Waals surface area contributed by atoms with Crippen molar-refractivity contribution in [2.75, 3.05) is 18.5 Å². The Labute approximate surface area is 181 Å². The minimum atomic E-state index is -4.58. The van der Waals surface area contributed by atoms with Gasteiger partial charge in [0.2, 0.25) is 0 Å². The Morgan fingerprint density at radius 1 is 1.23 bits per heavy atom. The third kappa shape index (κ3) is 6.27. The first-order valence-electron chi connectivity index (χ1n) is 9.45. The molecule has 0 spiro atoms. The zero-order valence-corrected chi connectivity index (χ0v) is 17.7. The molecule has 0 aliphatic carbocycles. The summed E-state index contributed by atoms with van der Waals surface area (Å²) in [6.45, 7) is 2.70. The molecule has 0 saturated heterocycles. The van der Waals surface area contributed by atoms with Crippen molar-refractivity contribution < 1.29 is 26.8 Å². The summed E-state index contributed by atoms with van der Waals surface area (Å²) in [5, 5.41) is 2.64. The van der Waals surface area contributed by atoms with Gasteiger partial charge in [-0.25, -0.2) is 9.97 Å². The van der Waals surface area contributed by atoms with E-state index in [-0.39, 0.29) is 29.0 Å². The number of rotatable bonds is 9. The van der Waals surface area contributed by atoms with Crippen LogP contribution in [0.3, 0.4) is 0 Å². The molecule has 0 bridgehead atoms. The molecule has 0 aliphatic rings. The average molecular weight is 454 g/mol. The van der Waals surface area contributed by atoms with E-state index in [1.54, 1.807) is 30.1 Å². The number of hydrogen-bond acceptors (Lipinski definition) is 7. The van der Waals surface area contributed by atoms with Crippen LogP contribution in [0, 0.1) is 0 Å². The largest absolute Gasteiger partial charge is 0.467 e. The van der Waals surface area contributed by atoms with E-state index >= 15 is 0 Å². The molecule has 0 aliphatic heterocycles. The predicted molar refractivity (Wildman–Crippen MR) is 109 cm³/mol. The van der Waals surface area contributed by atoms with Crippen LogP contribution in [0.25, 0.3) is 0 Å². The van der Waals surface area contributed by atoms with E-state index in [1.807, 2.05) is 6.92 Å². The van der Waals surface area contributed by atoms with Gasteiger partial charge in [0.1, 0.15) is 17.3 Å². The predicted octanol–water partition coefficient (Wildman–Crippen LogP) is 4.75. The van der Waals surface area contributed by atoms with Crippen LogP contribution in [0.4, 0.5) is 19.0 Å². The number of nitrogens with one attached hydrogen (secondary N) is 1. The number of anilines is 1. The van der Waals surface area contributed by atoms with Crippen LogP contribution in [0.15, 0.2) is 50.6 Å². The van der Waals surface area contributed by atoms with E-state index in [4.69, 9.17) is 8.83 Å². The van der Waals surface area contributed by atoms with Gasteiger partial charge in [0.15, 0.2) is 16.6 Å². The van der Waals surface area contributed by atoms with Gasteiger partial charge in [0.05, 0.1) is 18.6 Å². The van der Waals surface area contributed by atoms with Crippen molar-refractivity contribution in [2.45, 2.75) is 37.0 Å². The van der Waals surface area contributed by atoms with Crippen LogP contribution in [0.1, 0.15) is 41.1 Å². The van der Waals surface area contributed by atoms with E-state index in [9.17, 15) is 18.0 Å². The van der Waals surface area contributed by atoms with Crippen molar-refractivity contribution in [1.29, 1.82) is 0 Å². The fraction of sp³-hybridized carbons (Fsp3) is 0.350. The highest BCUT2D eigenvalue weighted by Crippen LogP contribution is 2.32. The summed E-state index contributed by atoms with van der Waals surface area (Å²) in [6, 6.07) is 7.47. The molecule has 1 amide bonds. The van der Waals surface area contributed by atoms with Gasteiger partial charge in [-0.2, -0.15) is 13.2 Å². The molecule has 0 aromatic carbocycles. The van der Waals surface area contributed by atoms with Gasteiger partial charge in [-0.05, 0) is 30.7 Å². The van der Waals surface area contributed by atoms with Gasteiger partial charge in [-0.1, -0.05) is 18.7 Å². The first kappa shape index (κ1) is 22.7. The Balaban J connectivity index is 1.66. The molecule has 1 N–H and O–H groups in total. The molecular weight excluding hydrogens is 433 g/mol. The number of thioether (sulfide) groups is 1. The van der Waals surface area contributed by atoms with Gasteiger partial charge in [-0.3, -0.25) is 4.79 Å². The molecule has 0 saturated carbocycles. The molecule has 0 unspecified atom stereocenters. The van der Waals surface area contributed by atoms with E-state index in [2.05, 4.69) is 15.3 Å². The third-order valence-electron chi connectivity index (χ3n) is 4.16. The van der Waals surface area contributed by atoms with Gasteiger partial charge < -0.3 is 19.1 Å². The van der Waals surface area contributed by atoms with Crippen molar-refractivity contribution in [2.24, 2.45) is 0 Å². The van der Waals surface area contributed by atoms with E-state index in [0.717, 1.165) is 24.2 Å². The van der Waals surface area contributed by atoms with Crippen molar-refractivity contribution in [3.05, 3.63) is 59.6 Å². The Kier molecular flexibility index (Phi) is 7.26. The lowest BCUT2D eigenvalue weighted by Crippen LogP contribution is -2.21. The van der Waals surface area contributed by atoms with Crippen molar-refractivity contribution in [3.8, 4) is 0 Å². The second-order valence-corrected chi connectivity index (χ2v) is 7.57. The summed E-state index contributed by atoms with van der Waals surface area (Å²) in [5.41, 5.74) is -1.000. The molecular formula is C20H21F3N4O3S. The van der Waals surface area contributed by atoms with Gasteiger partial charge in [-0.15, -0.1) is 0 Å². The van der Waals surface area contributed by atoms with Gasteiger partial charge in [0.25, 0.3) is 5.91 Å². The number of hydrogen-bond donors (Lipinski definition) is 1. The normalized spacial score (nSPS) is 11.5. The molecule has 0 fully saturated rings. The second kappa shape index (κ2) is 9.90. The van der Waals surface area contributed by atoms with Crippen molar-refractivity contribution >= 4 is 23.5 Å². The Bertz CT molecular complexity index is 1010. The van der Waals surface area contributed by atoms with Crippen molar-refractivity contribution in [1.82, 2.24) is 15.3 Å². The van der Waals surface area contributed by atoms with Crippen LogP contribution < -0.4 is 10.2 Å². The van der Waals surface area contributed by atoms with E-state index in [0.29, 0.717) is 18.1 Å². The number of nitrogens with zero attached hydrogens (tertiary/aromatic N) is 3. The second-order valence-electron chi connectivity index (χ2n) is 6.63. The fourth-order valence-corrected chi connectivity index (χ4v) is 3.40. The number of amides is 1. The maximum Gasteiger partial charge on any atom is 0.433 e. The van der Waals surface area contributed by atoms with Crippen LogP contribution in [-0.4, -0.2) is 29.5 Å². The molecule has 166 valence electrons. The third-order valence-corrected chi connectivity index (χ3v) is 5.03. The minimum absolute atomic E-state index is 0.0204. The molecule has 3 rings (SSSR count). The minimum Gasteiger partial charge on any atom is -0.467 e. The first-order valence-corrected chi connectivity index (χ1v) is 10.4. The average Bonchev–Trinajstić information content (AvgIpc) is 3.42. The zero-order chi connectivity index (χ0) is 22.4. The maximum absolute atomic E-state index is 13.2. The summed E-state index contributed by atoms with van der Waals surface area (Å²) in [5.74, 6) is 1.05. The number of alkyl halides is 3. The topological polar surface area (TPSA) is 84.4 Å². The highest BCUT2D eigenvalue weighted by molar-refractivity contribution is 7.98. The van der Waals surface area contributed by atoms with E-state index in [1.165, 1.54) is 12.3 Å². The number of carbonyl (C=O) groups excluding carboxylic acids is 1. The molecule has 3 heterocycles. The van der Waals surface area contributed by atoms with Crippen molar-refractivity contribution in [3.63, 3.8) is 0 Å². The lowest BCUT2D eigenvalue weighted by atomic mass is 10.3. The molecule has 0 atom stereocenters. The monoisotopic (exact) mass is 454 g/mol. The highest BCUT2D eigenvalue weighted by Gasteiger charge is 2.34. The van der Waals surface area contributed by atoms with Crippen LogP contribution >= 0.6 is 11.8 Å². The Morgan fingerprint density at radius 2 is 2.03 bits per heavy atom. The molecule has 31 heavy (non-hydrogen) atoms. The molecule has 11 heteroatoms. The van der Waals surface area contributed by atoms with Gasteiger partial charge in [0, 0.05) is 19.7 Å². The number of halogens is 3. The van der Waals surface area contributed by atoms with Crippen LogP contribution in [0.2, 0.25) is 0 Å². The molecule has 3 aromatic heterocycles. The van der Waals surface area contributed by atoms with Crippen LogP contribution in [-0.2, 0) is 18.5 Å². The smallest absolute Gasteiger partial charge is 0.433 e. The zero-order valence-electron chi connectivity index (χ0n) is 16.9. The first-order chi connectivity index (χ1) is 14.8. The van der Waals surface area contributed by atoms with E-state index < -0.39 is 17.8 Å². The summed E-state index contributed by atoms with van der Waals surface area (Å²) in [4.78, 5) is 21.7. The standard InChI is InChI=1S/C20H21F3N4O3S/c1-3-8-27(2)17-10-16(20(21,22)23)25-19(26-17)31-12-14-6-7-15(30-14)18(28)24-11-13-5-4-9-29-13/h4-7,9-10H,3,8,11-12H2,1-2H3,(H,24,28). The summed E-state index contributed by atoms with van der Waals surface area (Å²) in [6.07, 6.45) is -2.31. The lowest BCUT2D eigenvalue weighted by Gasteiger charge is -2.19. The number of aromatic nitrogens is 2. The Hall–Kier alpha value is -2.95. The highest BCUT2D eigenvalue weighted by atomic mass is 32.2. The quantitative estimate of drug-likeness (QED) is 0.369. The molecule has 0 radical (unpaired) electrons. The lowest BCUT2D eigenvalue weighted by molar-refractivity contribution is -0.141. The summed E-state index contributed by atoms with van der Waals surface area (Å²) >= 11 is 1.00. The van der Waals surface area contributed by atoms with Gasteiger partial charge >= 0.3 is 6.18 Å².